The minimum absolute atomic E-state index is 0.515. The van der Waals surface area contributed by atoms with Crippen LogP contribution in [-0.4, -0.2) is 14.9 Å². The van der Waals surface area contributed by atoms with Gasteiger partial charge in [0, 0.05) is 22.5 Å². The number of hydrogen-bond acceptors (Lipinski definition) is 2. The van der Waals surface area contributed by atoms with Crippen molar-refractivity contribution >= 4 is 40.4 Å². The molecule has 3 rings (SSSR count). The third-order valence-electron chi connectivity index (χ3n) is 4.06. The predicted molar refractivity (Wildman–Crippen MR) is 113 cm³/mol. The maximum atomic E-state index is 6.05. The highest BCUT2D eigenvalue weighted by molar-refractivity contribution is 7.80. The standard InChI is InChI=1S/C20H21ClN4S/c1-3-15-7-9-18(10-8-15)22-20(26)23-19-11-14(2)25(24-19)13-16-5-4-6-17(21)12-16/h4-12H,3,13H2,1-2H3,(H2,22,23,24,26). The van der Waals surface area contributed by atoms with E-state index in [2.05, 4.69) is 34.8 Å². The van der Waals surface area contributed by atoms with Gasteiger partial charge >= 0.3 is 0 Å². The van der Waals surface area contributed by atoms with Crippen LogP contribution in [-0.2, 0) is 13.0 Å². The molecule has 0 saturated carbocycles. The van der Waals surface area contributed by atoms with Gasteiger partial charge in [-0.2, -0.15) is 5.10 Å². The van der Waals surface area contributed by atoms with Crippen LogP contribution in [0.4, 0.5) is 11.5 Å². The highest BCUT2D eigenvalue weighted by atomic mass is 35.5. The van der Waals surface area contributed by atoms with Gasteiger partial charge in [0.05, 0.1) is 6.54 Å². The molecule has 26 heavy (non-hydrogen) atoms. The summed E-state index contributed by atoms with van der Waals surface area (Å²) in [6.45, 7) is 4.81. The van der Waals surface area contributed by atoms with Crippen molar-refractivity contribution < 1.29 is 0 Å². The van der Waals surface area contributed by atoms with Crippen molar-refractivity contribution in [2.24, 2.45) is 0 Å². The zero-order valence-electron chi connectivity index (χ0n) is 14.8. The first-order valence-electron chi connectivity index (χ1n) is 8.49. The van der Waals surface area contributed by atoms with Crippen molar-refractivity contribution in [3.05, 3.63) is 76.4 Å². The number of benzene rings is 2. The van der Waals surface area contributed by atoms with Crippen LogP contribution < -0.4 is 10.6 Å². The van der Waals surface area contributed by atoms with E-state index < -0.39 is 0 Å². The average molecular weight is 385 g/mol. The van der Waals surface area contributed by atoms with Crippen LogP contribution in [0.1, 0.15) is 23.7 Å². The quantitative estimate of drug-likeness (QED) is 0.588. The summed E-state index contributed by atoms with van der Waals surface area (Å²) < 4.78 is 1.92. The maximum Gasteiger partial charge on any atom is 0.176 e. The number of aryl methyl sites for hydroxylation is 2. The molecular weight excluding hydrogens is 364 g/mol. The van der Waals surface area contributed by atoms with E-state index in [1.807, 2.05) is 54.1 Å². The molecule has 134 valence electrons. The molecule has 4 nitrogen and oxygen atoms in total. The Morgan fingerprint density at radius 2 is 1.85 bits per heavy atom. The molecule has 0 aliphatic heterocycles. The lowest BCUT2D eigenvalue weighted by Gasteiger charge is -2.09. The van der Waals surface area contributed by atoms with Crippen LogP contribution in [0.5, 0.6) is 0 Å². The third-order valence-corrected chi connectivity index (χ3v) is 4.50. The first-order chi connectivity index (χ1) is 12.5. The molecule has 2 aromatic carbocycles. The Kier molecular flexibility index (Phi) is 5.91. The third kappa shape index (κ3) is 4.84. The minimum Gasteiger partial charge on any atom is -0.332 e. The summed E-state index contributed by atoms with van der Waals surface area (Å²) in [5.74, 6) is 0.715. The Morgan fingerprint density at radius 3 is 2.54 bits per heavy atom. The summed E-state index contributed by atoms with van der Waals surface area (Å²) in [5, 5.41) is 12.1. The van der Waals surface area contributed by atoms with Crippen molar-refractivity contribution in [2.45, 2.75) is 26.8 Å². The highest BCUT2D eigenvalue weighted by Crippen LogP contribution is 2.15. The van der Waals surface area contributed by atoms with Gasteiger partial charge in [-0.25, -0.2) is 0 Å². The molecule has 1 aromatic heterocycles. The largest absolute Gasteiger partial charge is 0.332 e. The fraction of sp³-hybridized carbons (Fsp3) is 0.200. The Bertz CT molecular complexity index is 902. The van der Waals surface area contributed by atoms with Crippen LogP contribution in [0.3, 0.4) is 0 Å². The SMILES string of the molecule is CCc1ccc(NC(=S)Nc2cc(C)n(Cc3cccc(Cl)c3)n2)cc1. The molecule has 1 heterocycles. The molecule has 0 unspecified atom stereocenters. The van der Waals surface area contributed by atoms with E-state index in [0.717, 1.165) is 28.4 Å². The Balaban J connectivity index is 1.63. The molecule has 6 heteroatoms. The van der Waals surface area contributed by atoms with E-state index in [1.165, 1.54) is 5.56 Å². The van der Waals surface area contributed by atoms with Gasteiger partial charge in [0.15, 0.2) is 10.9 Å². The maximum absolute atomic E-state index is 6.05. The van der Waals surface area contributed by atoms with E-state index in [1.54, 1.807) is 0 Å². The summed E-state index contributed by atoms with van der Waals surface area (Å²) in [5.41, 5.74) is 4.40. The molecule has 0 atom stereocenters. The highest BCUT2D eigenvalue weighted by Gasteiger charge is 2.07. The van der Waals surface area contributed by atoms with Crippen molar-refractivity contribution in [2.75, 3.05) is 10.6 Å². The summed E-state index contributed by atoms with van der Waals surface area (Å²) in [7, 11) is 0. The number of hydrogen-bond donors (Lipinski definition) is 2. The predicted octanol–water partition coefficient (Wildman–Crippen LogP) is 5.26. The summed E-state index contributed by atoms with van der Waals surface area (Å²) in [6, 6.07) is 18.0. The summed E-state index contributed by atoms with van der Waals surface area (Å²) in [4.78, 5) is 0. The fourth-order valence-corrected chi connectivity index (χ4v) is 3.08. The zero-order valence-corrected chi connectivity index (χ0v) is 16.4. The molecule has 3 aromatic rings. The van der Waals surface area contributed by atoms with E-state index in [0.29, 0.717) is 17.5 Å². The second-order valence-corrected chi connectivity index (χ2v) is 6.93. The molecule has 0 amide bonds. The number of halogens is 1. The van der Waals surface area contributed by atoms with Gasteiger partial charge in [-0.1, -0.05) is 42.8 Å². The molecule has 0 spiro atoms. The van der Waals surface area contributed by atoms with E-state index in [4.69, 9.17) is 23.8 Å². The Labute approximate surface area is 164 Å². The molecule has 0 aliphatic carbocycles. The lowest BCUT2D eigenvalue weighted by atomic mass is 10.1. The lowest BCUT2D eigenvalue weighted by molar-refractivity contribution is 0.668. The molecule has 2 N–H and O–H groups in total. The molecule has 0 aliphatic rings. The van der Waals surface area contributed by atoms with Crippen LogP contribution in [0.15, 0.2) is 54.6 Å². The summed E-state index contributed by atoms with van der Waals surface area (Å²) >= 11 is 11.4. The van der Waals surface area contributed by atoms with Crippen LogP contribution in [0, 0.1) is 6.92 Å². The van der Waals surface area contributed by atoms with Gasteiger partial charge in [0.2, 0.25) is 0 Å². The average Bonchev–Trinajstić information content (AvgIpc) is 2.94. The number of anilines is 2. The normalized spacial score (nSPS) is 10.6. The number of nitrogens with one attached hydrogen (secondary N) is 2. The molecule has 0 fully saturated rings. The van der Waals surface area contributed by atoms with Gasteiger partial charge < -0.3 is 10.6 Å². The molecule has 0 saturated heterocycles. The van der Waals surface area contributed by atoms with Gasteiger partial charge in [0.25, 0.3) is 0 Å². The Hall–Kier alpha value is -2.37. The zero-order chi connectivity index (χ0) is 18.5. The molecular formula is C20H21ClN4S. The van der Waals surface area contributed by atoms with E-state index in [9.17, 15) is 0 Å². The first kappa shape index (κ1) is 18.4. The van der Waals surface area contributed by atoms with Crippen LogP contribution in [0.2, 0.25) is 5.02 Å². The second kappa shape index (κ2) is 8.34. The van der Waals surface area contributed by atoms with Crippen molar-refractivity contribution in [1.29, 1.82) is 0 Å². The van der Waals surface area contributed by atoms with Crippen molar-refractivity contribution in [3.63, 3.8) is 0 Å². The first-order valence-corrected chi connectivity index (χ1v) is 9.28. The van der Waals surface area contributed by atoms with E-state index >= 15 is 0 Å². The number of thiocarbonyl (C=S) groups is 1. The van der Waals surface area contributed by atoms with Gasteiger partial charge in [-0.3, -0.25) is 4.68 Å². The summed E-state index contributed by atoms with van der Waals surface area (Å²) in [6.07, 6.45) is 1.02. The van der Waals surface area contributed by atoms with E-state index in [-0.39, 0.29) is 0 Å². The number of aromatic nitrogens is 2. The van der Waals surface area contributed by atoms with Crippen molar-refractivity contribution in [1.82, 2.24) is 9.78 Å². The second-order valence-electron chi connectivity index (χ2n) is 6.09. The van der Waals surface area contributed by atoms with Gasteiger partial charge in [-0.05, 0) is 61.0 Å². The minimum atomic E-state index is 0.515. The monoisotopic (exact) mass is 384 g/mol. The van der Waals surface area contributed by atoms with Gasteiger partial charge in [-0.15, -0.1) is 0 Å². The smallest absolute Gasteiger partial charge is 0.176 e. The van der Waals surface area contributed by atoms with Crippen LogP contribution >= 0.6 is 23.8 Å². The lowest BCUT2D eigenvalue weighted by Crippen LogP contribution is -2.19. The van der Waals surface area contributed by atoms with Gasteiger partial charge in [0.1, 0.15) is 0 Å². The van der Waals surface area contributed by atoms with Crippen molar-refractivity contribution in [3.8, 4) is 0 Å². The number of nitrogens with zero attached hydrogens (tertiary/aromatic N) is 2. The molecule has 0 radical (unpaired) electrons. The fourth-order valence-electron chi connectivity index (χ4n) is 2.64. The number of rotatable bonds is 5. The molecule has 0 bridgehead atoms. The van der Waals surface area contributed by atoms with Crippen LogP contribution in [0.25, 0.3) is 0 Å². The topological polar surface area (TPSA) is 41.9 Å². The Morgan fingerprint density at radius 1 is 1.08 bits per heavy atom.